The molecule has 2 nitrogen and oxygen atoms in total. The lowest BCUT2D eigenvalue weighted by molar-refractivity contribution is 0.164. The summed E-state index contributed by atoms with van der Waals surface area (Å²) in [6.45, 7) is 2.16. The Morgan fingerprint density at radius 1 is 1.11 bits per heavy atom. The summed E-state index contributed by atoms with van der Waals surface area (Å²) in [7, 11) is 0. The van der Waals surface area contributed by atoms with Gasteiger partial charge in [0.05, 0.1) is 6.10 Å². The van der Waals surface area contributed by atoms with E-state index in [9.17, 15) is 9.50 Å². The lowest BCUT2D eigenvalue weighted by Crippen LogP contribution is -2.28. The third kappa shape index (κ3) is 3.00. The molecule has 19 heavy (non-hydrogen) atoms. The molecule has 2 aromatic carbocycles. The summed E-state index contributed by atoms with van der Waals surface area (Å²) in [4.78, 5) is 0. The minimum atomic E-state index is -0.688. The first kappa shape index (κ1) is 13.7. The maximum atomic E-state index is 13.0. The van der Waals surface area contributed by atoms with Crippen LogP contribution in [0.2, 0.25) is 0 Å². The zero-order valence-electron chi connectivity index (χ0n) is 10.9. The molecule has 0 saturated carbocycles. The molecule has 0 unspecified atom stereocenters. The van der Waals surface area contributed by atoms with Crippen molar-refractivity contribution in [2.45, 2.75) is 18.9 Å². The normalized spacial score (nSPS) is 14.1. The van der Waals surface area contributed by atoms with Gasteiger partial charge in [-0.25, -0.2) is 4.39 Å². The van der Waals surface area contributed by atoms with E-state index in [0.717, 1.165) is 16.7 Å². The molecule has 0 spiro atoms. The lowest BCUT2D eigenvalue weighted by atomic mass is 9.84. The summed E-state index contributed by atoms with van der Waals surface area (Å²) in [5.74, 6) is -0.513. The highest BCUT2D eigenvalue weighted by molar-refractivity contribution is 5.38. The van der Waals surface area contributed by atoms with Crippen LogP contribution in [0.4, 0.5) is 4.39 Å². The number of hydrogen-bond donors (Lipinski definition) is 2. The lowest BCUT2D eigenvalue weighted by Gasteiger charge is -2.24. The predicted octanol–water partition coefficient (Wildman–Crippen LogP) is 2.59. The van der Waals surface area contributed by atoms with Crippen molar-refractivity contribution in [1.82, 2.24) is 0 Å². The fourth-order valence-corrected chi connectivity index (χ4v) is 2.35. The maximum absolute atomic E-state index is 13.0. The second kappa shape index (κ2) is 5.95. The van der Waals surface area contributed by atoms with Crippen molar-refractivity contribution in [2.75, 3.05) is 6.54 Å². The number of aliphatic hydroxyl groups excluding tert-OH is 1. The van der Waals surface area contributed by atoms with E-state index in [4.69, 9.17) is 5.73 Å². The molecule has 0 aliphatic rings. The van der Waals surface area contributed by atoms with Crippen LogP contribution in [-0.4, -0.2) is 17.8 Å². The van der Waals surface area contributed by atoms with Crippen LogP contribution in [0.3, 0.4) is 0 Å². The third-order valence-electron chi connectivity index (χ3n) is 3.38. The second-order valence-electron chi connectivity index (χ2n) is 4.69. The van der Waals surface area contributed by atoms with Crippen LogP contribution in [0.15, 0.2) is 48.5 Å². The number of aliphatic hydroxyl groups is 1. The molecule has 0 saturated heterocycles. The van der Waals surface area contributed by atoms with Crippen LogP contribution in [0.5, 0.6) is 0 Å². The highest BCUT2D eigenvalue weighted by Gasteiger charge is 2.23. The van der Waals surface area contributed by atoms with Gasteiger partial charge in [-0.1, -0.05) is 36.4 Å². The average Bonchev–Trinajstić information content (AvgIpc) is 2.43. The van der Waals surface area contributed by atoms with Crippen LogP contribution in [-0.2, 0) is 0 Å². The number of hydrogen-bond acceptors (Lipinski definition) is 2. The van der Waals surface area contributed by atoms with Crippen LogP contribution in [0.1, 0.15) is 22.6 Å². The summed E-state index contributed by atoms with van der Waals surface area (Å²) < 4.78 is 13.0. The van der Waals surface area contributed by atoms with Crippen molar-refractivity contribution < 1.29 is 9.50 Å². The Bertz CT molecular complexity index is 539. The van der Waals surface area contributed by atoms with Gasteiger partial charge in [0.25, 0.3) is 0 Å². The third-order valence-corrected chi connectivity index (χ3v) is 3.38. The topological polar surface area (TPSA) is 46.2 Å². The van der Waals surface area contributed by atoms with Crippen LogP contribution in [0, 0.1) is 12.7 Å². The molecule has 0 amide bonds. The van der Waals surface area contributed by atoms with E-state index in [1.54, 1.807) is 12.1 Å². The summed E-state index contributed by atoms with van der Waals surface area (Å²) in [6, 6.07) is 14.1. The number of halogens is 1. The van der Waals surface area contributed by atoms with Crippen molar-refractivity contribution in [1.29, 1.82) is 0 Å². The molecule has 3 heteroatoms. The zero-order valence-corrected chi connectivity index (χ0v) is 10.9. The summed E-state index contributed by atoms with van der Waals surface area (Å²) >= 11 is 0. The van der Waals surface area contributed by atoms with E-state index in [1.165, 1.54) is 12.1 Å². The van der Waals surface area contributed by atoms with Gasteiger partial charge in [-0.3, -0.25) is 0 Å². The quantitative estimate of drug-likeness (QED) is 0.886. The molecule has 2 rings (SSSR count). The molecule has 0 heterocycles. The Balaban J connectivity index is 2.48. The number of aryl methyl sites for hydroxylation is 1. The maximum Gasteiger partial charge on any atom is 0.123 e. The predicted molar refractivity (Wildman–Crippen MR) is 74.5 cm³/mol. The van der Waals surface area contributed by atoms with Crippen molar-refractivity contribution in [3.05, 3.63) is 71.0 Å². The largest absolute Gasteiger partial charge is 0.391 e. The summed E-state index contributed by atoms with van der Waals surface area (Å²) in [5, 5.41) is 10.2. The molecule has 0 aliphatic carbocycles. The Kier molecular flexibility index (Phi) is 4.30. The van der Waals surface area contributed by atoms with Gasteiger partial charge >= 0.3 is 0 Å². The van der Waals surface area contributed by atoms with Crippen LogP contribution in [0.25, 0.3) is 0 Å². The Labute approximate surface area is 112 Å². The van der Waals surface area contributed by atoms with E-state index in [2.05, 4.69) is 0 Å². The van der Waals surface area contributed by atoms with Gasteiger partial charge in [0.15, 0.2) is 0 Å². The van der Waals surface area contributed by atoms with Gasteiger partial charge in [-0.05, 0) is 35.7 Å². The van der Waals surface area contributed by atoms with Crippen molar-refractivity contribution in [3.63, 3.8) is 0 Å². The van der Waals surface area contributed by atoms with Crippen molar-refractivity contribution in [3.8, 4) is 0 Å². The molecule has 0 bridgehead atoms. The molecule has 2 atom stereocenters. The highest BCUT2D eigenvalue weighted by Crippen LogP contribution is 2.30. The number of rotatable bonds is 4. The first-order valence-corrected chi connectivity index (χ1v) is 6.32. The summed E-state index contributed by atoms with van der Waals surface area (Å²) in [6.07, 6.45) is -0.688. The number of benzene rings is 2. The summed E-state index contributed by atoms with van der Waals surface area (Å²) in [5.41, 5.74) is 8.58. The van der Waals surface area contributed by atoms with E-state index >= 15 is 0 Å². The fourth-order valence-electron chi connectivity index (χ4n) is 2.35. The Morgan fingerprint density at radius 3 is 2.32 bits per heavy atom. The molecule has 0 aliphatic heterocycles. The van der Waals surface area contributed by atoms with Gasteiger partial charge in [-0.2, -0.15) is 0 Å². The van der Waals surface area contributed by atoms with Gasteiger partial charge < -0.3 is 10.8 Å². The zero-order chi connectivity index (χ0) is 13.8. The minimum absolute atomic E-state index is 0.163. The van der Waals surface area contributed by atoms with E-state index in [1.807, 2.05) is 31.2 Å². The fraction of sp³-hybridized carbons (Fsp3) is 0.250. The number of nitrogens with two attached hydrogens (primary N) is 1. The average molecular weight is 259 g/mol. The monoisotopic (exact) mass is 259 g/mol. The van der Waals surface area contributed by atoms with Gasteiger partial charge in [-0.15, -0.1) is 0 Å². The SMILES string of the molecule is Cc1ccccc1[C@H](c1ccc(F)cc1)[C@@H](O)CN. The smallest absolute Gasteiger partial charge is 0.123 e. The molecule has 3 N–H and O–H groups in total. The molecular weight excluding hydrogens is 241 g/mol. The molecule has 100 valence electrons. The minimum Gasteiger partial charge on any atom is -0.391 e. The first-order valence-electron chi connectivity index (χ1n) is 6.32. The molecular formula is C16H18FNO. The standard InChI is InChI=1S/C16H18FNO/c1-11-4-2-3-5-14(11)16(15(19)10-18)12-6-8-13(17)9-7-12/h2-9,15-16,19H,10,18H2,1H3/t15-,16-/m0/s1. The Morgan fingerprint density at radius 2 is 1.74 bits per heavy atom. The van der Waals surface area contributed by atoms with E-state index < -0.39 is 6.10 Å². The Hall–Kier alpha value is -1.71. The van der Waals surface area contributed by atoms with Crippen molar-refractivity contribution in [2.24, 2.45) is 5.73 Å². The first-order chi connectivity index (χ1) is 9.13. The highest BCUT2D eigenvalue weighted by atomic mass is 19.1. The van der Waals surface area contributed by atoms with Crippen LogP contribution >= 0.6 is 0 Å². The van der Waals surface area contributed by atoms with Crippen molar-refractivity contribution >= 4 is 0 Å². The molecule has 0 radical (unpaired) electrons. The van der Waals surface area contributed by atoms with Gasteiger partial charge in [0.1, 0.15) is 5.82 Å². The second-order valence-corrected chi connectivity index (χ2v) is 4.69. The molecule has 0 aromatic heterocycles. The van der Waals surface area contributed by atoms with E-state index in [0.29, 0.717) is 0 Å². The molecule has 2 aromatic rings. The van der Waals surface area contributed by atoms with E-state index in [-0.39, 0.29) is 18.3 Å². The van der Waals surface area contributed by atoms with Gasteiger partial charge in [0.2, 0.25) is 0 Å². The molecule has 0 fully saturated rings. The van der Waals surface area contributed by atoms with Gasteiger partial charge in [0, 0.05) is 12.5 Å². The van der Waals surface area contributed by atoms with Crippen LogP contribution < -0.4 is 5.73 Å².